The minimum Gasteiger partial charge on any atom is -0.507 e. The van der Waals surface area contributed by atoms with Crippen LogP contribution in [0.1, 0.15) is 40.2 Å². The zero-order valence-corrected chi connectivity index (χ0v) is 17.4. The Hall–Kier alpha value is -3.82. The largest absolute Gasteiger partial charge is 0.507 e. The molecule has 7 nitrogen and oxygen atoms in total. The number of phenols is 1. The molecule has 0 bridgehead atoms. The van der Waals surface area contributed by atoms with Crippen LogP contribution in [0, 0.1) is 0 Å². The van der Waals surface area contributed by atoms with Crippen LogP contribution in [0.4, 0.5) is 24.7 Å². The third-order valence-corrected chi connectivity index (χ3v) is 5.79. The van der Waals surface area contributed by atoms with Crippen LogP contribution in [0.15, 0.2) is 48.5 Å². The van der Waals surface area contributed by atoms with Crippen molar-refractivity contribution in [3.8, 4) is 17.0 Å². The number of alkyl halides is 3. The molecular formula is C23H21F3N4O3. The van der Waals surface area contributed by atoms with Crippen LogP contribution in [-0.2, 0) is 6.18 Å². The third kappa shape index (κ3) is 4.55. The van der Waals surface area contributed by atoms with E-state index in [0.29, 0.717) is 48.4 Å². The normalized spacial score (nSPS) is 16.6. The summed E-state index contributed by atoms with van der Waals surface area (Å²) in [4.78, 5) is 13.2. The number of hydrogen-bond donors (Lipinski definition) is 3. The number of nitrogens with zero attached hydrogens (tertiary/aromatic N) is 3. The van der Waals surface area contributed by atoms with Gasteiger partial charge < -0.3 is 20.8 Å². The molecule has 1 aromatic heterocycles. The van der Waals surface area contributed by atoms with E-state index in [2.05, 4.69) is 10.2 Å². The van der Waals surface area contributed by atoms with Crippen LogP contribution in [0.2, 0.25) is 0 Å². The number of carbonyl (C=O) groups is 1. The molecule has 1 aliphatic heterocycles. The summed E-state index contributed by atoms with van der Waals surface area (Å²) < 4.78 is 40.4. The lowest BCUT2D eigenvalue weighted by Crippen LogP contribution is -2.35. The van der Waals surface area contributed by atoms with Crippen LogP contribution in [0.3, 0.4) is 0 Å². The lowest BCUT2D eigenvalue weighted by Gasteiger charge is -2.35. The van der Waals surface area contributed by atoms with Gasteiger partial charge in [-0.15, -0.1) is 10.2 Å². The monoisotopic (exact) mass is 458 g/mol. The van der Waals surface area contributed by atoms with Gasteiger partial charge in [0.05, 0.1) is 22.5 Å². The van der Waals surface area contributed by atoms with E-state index in [0.717, 1.165) is 12.1 Å². The number of aromatic carboxylic acids is 1. The summed E-state index contributed by atoms with van der Waals surface area (Å²) in [7, 11) is 0. The number of carboxylic acid groups (broad SMARTS) is 1. The molecule has 2 aromatic carbocycles. The fourth-order valence-electron chi connectivity index (χ4n) is 4.17. The molecule has 1 saturated heterocycles. The van der Waals surface area contributed by atoms with E-state index in [1.54, 1.807) is 24.3 Å². The fourth-order valence-corrected chi connectivity index (χ4v) is 4.17. The first-order valence-electron chi connectivity index (χ1n) is 10.3. The molecule has 3 aromatic rings. The summed E-state index contributed by atoms with van der Waals surface area (Å²) in [5.41, 5.74) is 6.03. The number of rotatable bonds is 4. The van der Waals surface area contributed by atoms with Gasteiger partial charge in [0.1, 0.15) is 5.75 Å². The van der Waals surface area contributed by atoms with Gasteiger partial charge >= 0.3 is 12.1 Å². The average Bonchev–Trinajstić information content (AvgIpc) is 2.79. The second-order valence-electron chi connectivity index (χ2n) is 7.91. The second-order valence-corrected chi connectivity index (χ2v) is 7.91. The molecule has 10 heteroatoms. The summed E-state index contributed by atoms with van der Waals surface area (Å²) in [5, 5.41) is 27.3. The topological polar surface area (TPSA) is 113 Å². The molecule has 2 heterocycles. The third-order valence-electron chi connectivity index (χ3n) is 5.79. The number of hydrogen-bond acceptors (Lipinski definition) is 6. The Morgan fingerprint density at radius 3 is 2.58 bits per heavy atom. The van der Waals surface area contributed by atoms with E-state index in [9.17, 15) is 23.1 Å². The molecule has 1 aliphatic rings. The Bertz CT molecular complexity index is 1200. The molecule has 0 unspecified atom stereocenters. The van der Waals surface area contributed by atoms with Gasteiger partial charge in [-0.05, 0) is 48.7 Å². The molecule has 0 radical (unpaired) electrons. The van der Waals surface area contributed by atoms with Crippen molar-refractivity contribution in [3.63, 3.8) is 0 Å². The number of carboxylic acids is 1. The van der Waals surface area contributed by atoms with E-state index in [4.69, 9.17) is 10.8 Å². The second kappa shape index (κ2) is 8.61. The number of halogens is 3. The lowest BCUT2D eigenvalue weighted by atomic mass is 9.88. The first-order valence-corrected chi connectivity index (χ1v) is 10.3. The zero-order valence-electron chi connectivity index (χ0n) is 17.4. The van der Waals surface area contributed by atoms with Crippen molar-refractivity contribution in [2.45, 2.75) is 24.9 Å². The van der Waals surface area contributed by atoms with E-state index >= 15 is 0 Å². The molecule has 1 fully saturated rings. The Morgan fingerprint density at radius 1 is 1.12 bits per heavy atom. The number of anilines is 2. The van der Waals surface area contributed by atoms with Crippen molar-refractivity contribution < 1.29 is 28.2 Å². The Kier molecular flexibility index (Phi) is 5.84. The number of aromatic nitrogens is 2. The van der Waals surface area contributed by atoms with Gasteiger partial charge in [0.15, 0.2) is 5.82 Å². The maximum absolute atomic E-state index is 13.5. The fraction of sp³-hybridized carbons (Fsp3) is 0.261. The maximum Gasteiger partial charge on any atom is 0.417 e. The van der Waals surface area contributed by atoms with Gasteiger partial charge in [-0.3, -0.25) is 0 Å². The molecule has 0 aliphatic carbocycles. The molecule has 4 rings (SSSR count). The Balaban J connectivity index is 1.66. The van der Waals surface area contributed by atoms with Crippen molar-refractivity contribution in [1.82, 2.24) is 10.2 Å². The van der Waals surface area contributed by atoms with Gasteiger partial charge in [0.2, 0.25) is 0 Å². The molecule has 0 saturated carbocycles. The highest BCUT2D eigenvalue weighted by molar-refractivity contribution is 5.89. The molecule has 4 N–H and O–H groups in total. The standard InChI is InChI=1S/C23H21F3N4O3/c24-23(25,26)17-10-13(7-8-15(17)22(32)33)14-4-3-9-30(12-14)19-11-18(28-29-21(19)27)16-5-1-2-6-20(16)31/h1-2,5-8,10-11,14,31H,3-4,9,12H2,(H2,27,29)(H,32,33)/t14-/m0/s1. The summed E-state index contributed by atoms with van der Waals surface area (Å²) in [6.07, 6.45) is -3.44. The predicted octanol–water partition coefficient (Wildman–Crippen LogP) is 4.53. The molecule has 0 amide bonds. The van der Waals surface area contributed by atoms with Crippen LogP contribution < -0.4 is 10.6 Å². The molecule has 172 valence electrons. The van der Waals surface area contributed by atoms with Crippen molar-refractivity contribution in [2.75, 3.05) is 23.7 Å². The van der Waals surface area contributed by atoms with E-state index in [1.165, 1.54) is 12.1 Å². The minimum atomic E-state index is -4.77. The van der Waals surface area contributed by atoms with Crippen LogP contribution >= 0.6 is 0 Å². The average molecular weight is 458 g/mol. The zero-order chi connectivity index (χ0) is 23.8. The van der Waals surface area contributed by atoms with E-state index in [-0.39, 0.29) is 17.5 Å². The van der Waals surface area contributed by atoms with E-state index < -0.39 is 23.3 Å². The first-order chi connectivity index (χ1) is 15.6. The molecule has 1 atom stereocenters. The lowest BCUT2D eigenvalue weighted by molar-refractivity contribution is -0.138. The highest BCUT2D eigenvalue weighted by Gasteiger charge is 2.36. The predicted molar refractivity (Wildman–Crippen MR) is 116 cm³/mol. The Labute approximate surface area is 187 Å². The number of piperidine rings is 1. The van der Waals surface area contributed by atoms with Gasteiger partial charge in [-0.2, -0.15) is 13.2 Å². The van der Waals surface area contributed by atoms with Crippen molar-refractivity contribution in [2.24, 2.45) is 0 Å². The molecule has 0 spiro atoms. The van der Waals surface area contributed by atoms with Gasteiger partial charge in [0, 0.05) is 24.6 Å². The van der Waals surface area contributed by atoms with Crippen LogP contribution in [-0.4, -0.2) is 39.5 Å². The van der Waals surface area contributed by atoms with Crippen molar-refractivity contribution >= 4 is 17.5 Å². The van der Waals surface area contributed by atoms with E-state index in [1.807, 2.05) is 4.90 Å². The summed E-state index contributed by atoms with van der Waals surface area (Å²) in [6, 6.07) is 11.7. The quantitative estimate of drug-likeness (QED) is 0.526. The number of para-hydroxylation sites is 1. The number of aromatic hydroxyl groups is 1. The number of phenolic OH excluding ortho intramolecular Hbond substituents is 1. The maximum atomic E-state index is 13.5. The number of nitrogen functional groups attached to an aromatic ring is 1. The SMILES string of the molecule is Nc1nnc(-c2ccccc2O)cc1N1CCC[C@H](c2ccc(C(=O)O)c(C(F)(F)F)c2)C1. The number of benzene rings is 2. The molecular weight excluding hydrogens is 437 g/mol. The Morgan fingerprint density at radius 2 is 1.88 bits per heavy atom. The minimum absolute atomic E-state index is 0.0391. The molecule has 33 heavy (non-hydrogen) atoms. The van der Waals surface area contributed by atoms with Crippen molar-refractivity contribution in [3.05, 3.63) is 65.2 Å². The first kappa shape index (κ1) is 22.4. The summed E-state index contributed by atoms with van der Waals surface area (Å²) in [5.74, 6) is -1.67. The van der Waals surface area contributed by atoms with Gasteiger partial charge in [-0.25, -0.2) is 4.79 Å². The van der Waals surface area contributed by atoms with Crippen LogP contribution in [0.5, 0.6) is 5.75 Å². The van der Waals surface area contributed by atoms with Gasteiger partial charge in [-0.1, -0.05) is 18.2 Å². The highest BCUT2D eigenvalue weighted by Crippen LogP contribution is 2.38. The smallest absolute Gasteiger partial charge is 0.417 e. The highest BCUT2D eigenvalue weighted by atomic mass is 19.4. The number of nitrogens with two attached hydrogens (primary N) is 1. The van der Waals surface area contributed by atoms with Crippen molar-refractivity contribution in [1.29, 1.82) is 0 Å². The summed E-state index contributed by atoms with van der Waals surface area (Å²) in [6.45, 7) is 0.992. The van der Waals surface area contributed by atoms with Gasteiger partial charge in [0.25, 0.3) is 0 Å². The van der Waals surface area contributed by atoms with Crippen LogP contribution in [0.25, 0.3) is 11.3 Å². The summed E-state index contributed by atoms with van der Waals surface area (Å²) >= 11 is 0.